The highest BCUT2D eigenvalue weighted by Gasteiger charge is 2.24. The van der Waals surface area contributed by atoms with E-state index in [2.05, 4.69) is 5.32 Å². The summed E-state index contributed by atoms with van der Waals surface area (Å²) in [5.41, 5.74) is 7.75. The number of hydrogen-bond acceptors (Lipinski definition) is 2. The lowest BCUT2D eigenvalue weighted by Gasteiger charge is -2.27. The molecule has 0 aromatic carbocycles. The van der Waals surface area contributed by atoms with Crippen molar-refractivity contribution in [2.24, 2.45) is 5.73 Å². The molecule has 0 aromatic heterocycles. The Kier molecular flexibility index (Phi) is 1.75. The Balaban J connectivity index is 2.99. The molecule has 10 heavy (non-hydrogen) atoms. The average molecular weight is 159 g/mol. The molecule has 1 aliphatic rings. The van der Waals surface area contributed by atoms with Gasteiger partial charge in [-0.05, 0) is 37.3 Å². The van der Waals surface area contributed by atoms with Gasteiger partial charge in [-0.3, -0.25) is 5.73 Å². The summed E-state index contributed by atoms with van der Waals surface area (Å²) in [6.45, 7) is 3.90. The summed E-state index contributed by atoms with van der Waals surface area (Å²) in [6, 6.07) is 0. The van der Waals surface area contributed by atoms with Crippen LogP contribution in [0, 0.1) is 0 Å². The van der Waals surface area contributed by atoms with Crippen LogP contribution in [-0.4, -0.2) is 5.12 Å². The molecular formula is C7H11ClN2. The third kappa shape index (κ3) is 1.18. The molecule has 0 bridgehead atoms. The zero-order valence-electron chi connectivity index (χ0n) is 6.11. The predicted molar refractivity (Wildman–Crippen MR) is 43.4 cm³/mol. The summed E-state index contributed by atoms with van der Waals surface area (Å²) in [5.74, 6) is 0. The first-order valence-electron chi connectivity index (χ1n) is 3.14. The van der Waals surface area contributed by atoms with Crippen molar-refractivity contribution in [1.29, 1.82) is 0 Å². The largest absolute Gasteiger partial charge is 0.358 e. The molecule has 0 saturated carbocycles. The molecule has 3 heteroatoms. The van der Waals surface area contributed by atoms with Gasteiger partial charge in [-0.2, -0.15) is 0 Å². The van der Waals surface area contributed by atoms with Crippen LogP contribution in [0.3, 0.4) is 0 Å². The molecule has 3 N–H and O–H groups in total. The third-order valence-electron chi connectivity index (χ3n) is 1.76. The zero-order valence-corrected chi connectivity index (χ0v) is 6.87. The first kappa shape index (κ1) is 7.63. The molecule has 0 radical (unpaired) electrons. The van der Waals surface area contributed by atoms with Crippen LogP contribution in [0.1, 0.15) is 13.8 Å². The summed E-state index contributed by atoms with van der Waals surface area (Å²) in [6.07, 6.45) is 3.71. The number of alkyl halides is 1. The van der Waals surface area contributed by atoms with Gasteiger partial charge in [-0.15, -0.1) is 0 Å². The minimum atomic E-state index is -0.876. The monoisotopic (exact) mass is 158 g/mol. The van der Waals surface area contributed by atoms with E-state index in [0.717, 1.165) is 11.1 Å². The molecule has 1 aliphatic heterocycles. The van der Waals surface area contributed by atoms with Crippen molar-refractivity contribution in [3.05, 3.63) is 23.4 Å². The highest BCUT2D eigenvalue weighted by Crippen LogP contribution is 2.22. The molecule has 0 saturated heterocycles. The molecule has 1 atom stereocenters. The Morgan fingerprint density at radius 1 is 1.60 bits per heavy atom. The fourth-order valence-corrected chi connectivity index (χ4v) is 1.02. The van der Waals surface area contributed by atoms with Gasteiger partial charge in [0.15, 0.2) is 5.12 Å². The summed E-state index contributed by atoms with van der Waals surface area (Å²) >= 11 is 5.87. The van der Waals surface area contributed by atoms with Gasteiger partial charge in [0.05, 0.1) is 0 Å². The molecule has 2 nitrogen and oxygen atoms in total. The molecule has 0 aromatic rings. The van der Waals surface area contributed by atoms with E-state index in [4.69, 9.17) is 17.3 Å². The van der Waals surface area contributed by atoms with E-state index < -0.39 is 5.12 Å². The van der Waals surface area contributed by atoms with E-state index in [0.29, 0.717) is 0 Å². The third-order valence-corrected chi connectivity index (χ3v) is 2.16. The van der Waals surface area contributed by atoms with Crippen molar-refractivity contribution < 1.29 is 0 Å². The number of rotatable bonds is 0. The predicted octanol–water partition coefficient (Wildman–Crippen LogP) is 1.29. The molecule has 0 fully saturated rings. The maximum Gasteiger partial charge on any atom is 0.186 e. The van der Waals surface area contributed by atoms with Crippen LogP contribution in [-0.2, 0) is 0 Å². The zero-order chi connectivity index (χ0) is 7.78. The Hall–Kier alpha value is -0.470. The molecule has 1 rings (SSSR count). The summed E-state index contributed by atoms with van der Waals surface area (Å²) < 4.78 is 0. The van der Waals surface area contributed by atoms with Crippen molar-refractivity contribution in [2.45, 2.75) is 19.0 Å². The van der Waals surface area contributed by atoms with Gasteiger partial charge >= 0.3 is 0 Å². The number of dihydropyridines is 1. The van der Waals surface area contributed by atoms with Gasteiger partial charge in [0.1, 0.15) is 0 Å². The van der Waals surface area contributed by atoms with Crippen LogP contribution in [0.4, 0.5) is 0 Å². The fraction of sp³-hybridized carbons (Fsp3) is 0.429. The second-order valence-corrected chi connectivity index (χ2v) is 3.09. The van der Waals surface area contributed by atoms with Crippen LogP contribution in [0.5, 0.6) is 0 Å². The van der Waals surface area contributed by atoms with Crippen LogP contribution in [0.15, 0.2) is 23.4 Å². The lowest BCUT2D eigenvalue weighted by molar-refractivity contribution is 0.608. The molecule has 0 aliphatic carbocycles. The second kappa shape index (κ2) is 2.29. The SMILES string of the molecule is CC1=C(C)C(N)(Cl)NC=C1. The normalized spacial score (nSPS) is 32.4. The average Bonchev–Trinajstić information content (AvgIpc) is 1.83. The second-order valence-electron chi connectivity index (χ2n) is 2.50. The summed E-state index contributed by atoms with van der Waals surface area (Å²) in [4.78, 5) is 0. The number of nitrogens with one attached hydrogen (secondary N) is 1. The number of hydrogen-bond donors (Lipinski definition) is 2. The van der Waals surface area contributed by atoms with Gasteiger partial charge in [-0.25, -0.2) is 0 Å². The summed E-state index contributed by atoms with van der Waals surface area (Å²) in [5, 5.41) is 1.97. The van der Waals surface area contributed by atoms with Crippen LogP contribution in [0.25, 0.3) is 0 Å². The molecular weight excluding hydrogens is 148 g/mol. The first-order chi connectivity index (χ1) is 4.54. The smallest absolute Gasteiger partial charge is 0.186 e. The van der Waals surface area contributed by atoms with E-state index in [-0.39, 0.29) is 0 Å². The van der Waals surface area contributed by atoms with Crippen molar-refractivity contribution >= 4 is 11.6 Å². The van der Waals surface area contributed by atoms with E-state index in [1.165, 1.54) is 0 Å². The topological polar surface area (TPSA) is 38.0 Å². The molecule has 1 unspecified atom stereocenters. The molecule has 56 valence electrons. The molecule has 0 amide bonds. The van der Waals surface area contributed by atoms with Gasteiger partial charge in [-0.1, -0.05) is 11.6 Å². The Bertz CT molecular complexity index is 204. The summed E-state index contributed by atoms with van der Waals surface area (Å²) in [7, 11) is 0. The highest BCUT2D eigenvalue weighted by atomic mass is 35.5. The van der Waals surface area contributed by atoms with E-state index in [9.17, 15) is 0 Å². The van der Waals surface area contributed by atoms with E-state index in [1.807, 2.05) is 19.9 Å². The lowest BCUT2D eigenvalue weighted by atomic mass is 10.1. The van der Waals surface area contributed by atoms with Crippen molar-refractivity contribution in [3.63, 3.8) is 0 Å². The van der Waals surface area contributed by atoms with Crippen molar-refractivity contribution in [3.8, 4) is 0 Å². The maximum absolute atomic E-state index is 5.87. The van der Waals surface area contributed by atoms with Crippen LogP contribution in [0.2, 0.25) is 0 Å². The van der Waals surface area contributed by atoms with E-state index in [1.54, 1.807) is 6.20 Å². The van der Waals surface area contributed by atoms with Crippen LogP contribution < -0.4 is 11.1 Å². The highest BCUT2D eigenvalue weighted by molar-refractivity contribution is 6.25. The Morgan fingerprint density at radius 3 is 2.60 bits per heavy atom. The fourth-order valence-electron chi connectivity index (χ4n) is 0.808. The molecule has 0 spiro atoms. The standard InChI is InChI=1S/C7H11ClN2/c1-5-3-4-10-7(8,9)6(5)2/h3-4,10H,9H2,1-2H3. The quantitative estimate of drug-likeness (QED) is 0.412. The number of halogens is 1. The maximum atomic E-state index is 5.87. The Morgan fingerprint density at radius 2 is 2.20 bits per heavy atom. The van der Waals surface area contributed by atoms with Crippen LogP contribution >= 0.6 is 11.6 Å². The van der Waals surface area contributed by atoms with Crippen molar-refractivity contribution in [2.75, 3.05) is 0 Å². The number of nitrogens with two attached hydrogens (primary N) is 1. The molecule has 1 heterocycles. The van der Waals surface area contributed by atoms with Gasteiger partial charge in [0.2, 0.25) is 0 Å². The van der Waals surface area contributed by atoms with E-state index >= 15 is 0 Å². The van der Waals surface area contributed by atoms with Crippen molar-refractivity contribution in [1.82, 2.24) is 5.32 Å². The lowest BCUT2D eigenvalue weighted by Crippen LogP contribution is -2.48. The van der Waals surface area contributed by atoms with Gasteiger partial charge in [0.25, 0.3) is 0 Å². The minimum absolute atomic E-state index is 0.876. The minimum Gasteiger partial charge on any atom is -0.358 e. The Labute approximate surface area is 65.7 Å². The van der Waals surface area contributed by atoms with Gasteiger partial charge < -0.3 is 5.32 Å². The number of allylic oxidation sites excluding steroid dienone is 2. The van der Waals surface area contributed by atoms with Gasteiger partial charge in [0, 0.05) is 0 Å². The first-order valence-corrected chi connectivity index (χ1v) is 3.52.